The lowest BCUT2D eigenvalue weighted by Crippen LogP contribution is -2.58. The van der Waals surface area contributed by atoms with E-state index in [0.717, 1.165) is 36.8 Å². The lowest BCUT2D eigenvalue weighted by molar-refractivity contribution is 0.314. The van der Waals surface area contributed by atoms with Gasteiger partial charge in [0.2, 0.25) is 0 Å². The molecule has 0 radical (unpaired) electrons. The Bertz CT molecular complexity index is 410. The molecule has 0 bridgehead atoms. The van der Waals surface area contributed by atoms with Crippen LogP contribution in [0, 0.1) is 3.57 Å². The van der Waals surface area contributed by atoms with Crippen molar-refractivity contribution in [2.45, 2.75) is 25.8 Å². The average molecular weight is 365 g/mol. The summed E-state index contributed by atoms with van der Waals surface area (Å²) in [6.07, 6.45) is 1.13. The minimum atomic E-state index is 0.199. The Labute approximate surface area is 122 Å². The van der Waals surface area contributed by atoms with Crippen molar-refractivity contribution >= 4 is 39.9 Å². The first-order chi connectivity index (χ1) is 8.04. The highest BCUT2D eigenvalue weighted by atomic mass is 127. The summed E-state index contributed by atoms with van der Waals surface area (Å²) in [7, 11) is 0. The highest BCUT2D eigenvalue weighted by Crippen LogP contribution is 2.30. The molecule has 1 aromatic rings. The van der Waals surface area contributed by atoms with E-state index in [1.165, 1.54) is 3.57 Å². The first-order valence-corrected chi connectivity index (χ1v) is 7.45. The van der Waals surface area contributed by atoms with E-state index in [1.54, 1.807) is 0 Å². The summed E-state index contributed by atoms with van der Waals surface area (Å²) in [4.78, 5) is 2.39. The van der Waals surface area contributed by atoms with Gasteiger partial charge in [0.05, 0.1) is 10.7 Å². The zero-order chi connectivity index (χ0) is 12.5. The second-order valence-corrected chi connectivity index (χ2v) is 6.51. The van der Waals surface area contributed by atoms with Gasteiger partial charge in [0.25, 0.3) is 0 Å². The number of anilines is 1. The predicted molar refractivity (Wildman–Crippen MR) is 83.1 cm³/mol. The standard InChI is InChI=1S/C13H18ClIN2/c1-3-13(2)9-17(7-6-16-13)12-5-4-10(15)8-11(12)14/h4-5,8,16H,3,6-7,9H2,1-2H3. The number of piperazine rings is 1. The fraction of sp³-hybridized carbons (Fsp3) is 0.538. The number of nitrogens with one attached hydrogen (secondary N) is 1. The van der Waals surface area contributed by atoms with E-state index >= 15 is 0 Å². The summed E-state index contributed by atoms with van der Waals surface area (Å²) in [5.74, 6) is 0. The van der Waals surface area contributed by atoms with E-state index in [9.17, 15) is 0 Å². The van der Waals surface area contributed by atoms with E-state index in [-0.39, 0.29) is 5.54 Å². The maximum atomic E-state index is 6.33. The minimum Gasteiger partial charge on any atom is -0.367 e. The fourth-order valence-electron chi connectivity index (χ4n) is 2.23. The van der Waals surface area contributed by atoms with Gasteiger partial charge in [-0.25, -0.2) is 0 Å². The Hall–Kier alpha value is -0.000000000000000132. The molecule has 2 rings (SSSR count). The van der Waals surface area contributed by atoms with E-state index < -0.39 is 0 Å². The first-order valence-electron chi connectivity index (χ1n) is 5.99. The molecule has 1 aliphatic rings. The van der Waals surface area contributed by atoms with Gasteiger partial charge in [-0.2, -0.15) is 0 Å². The zero-order valence-electron chi connectivity index (χ0n) is 10.3. The van der Waals surface area contributed by atoms with Gasteiger partial charge >= 0.3 is 0 Å². The van der Waals surface area contributed by atoms with Gasteiger partial charge < -0.3 is 10.2 Å². The largest absolute Gasteiger partial charge is 0.367 e. The molecule has 1 saturated heterocycles. The van der Waals surface area contributed by atoms with Crippen LogP contribution >= 0.6 is 34.2 Å². The van der Waals surface area contributed by atoms with Crippen LogP contribution in [0.15, 0.2) is 18.2 Å². The molecule has 0 saturated carbocycles. The second-order valence-electron chi connectivity index (χ2n) is 4.86. The smallest absolute Gasteiger partial charge is 0.0650 e. The molecule has 94 valence electrons. The molecular formula is C13H18ClIN2. The van der Waals surface area contributed by atoms with Crippen molar-refractivity contribution in [3.05, 3.63) is 26.8 Å². The van der Waals surface area contributed by atoms with Crippen LogP contribution in [0.4, 0.5) is 5.69 Å². The normalized spacial score (nSPS) is 25.1. The van der Waals surface area contributed by atoms with Gasteiger partial charge in [-0.15, -0.1) is 0 Å². The van der Waals surface area contributed by atoms with Gasteiger partial charge in [0.15, 0.2) is 0 Å². The third-order valence-corrected chi connectivity index (χ3v) is 4.48. The van der Waals surface area contributed by atoms with Crippen LogP contribution < -0.4 is 10.2 Å². The lowest BCUT2D eigenvalue weighted by Gasteiger charge is -2.42. The van der Waals surface area contributed by atoms with E-state index in [2.05, 4.69) is 58.8 Å². The van der Waals surface area contributed by atoms with Crippen molar-refractivity contribution in [2.75, 3.05) is 24.5 Å². The Morgan fingerprint density at radius 1 is 1.53 bits per heavy atom. The second kappa shape index (κ2) is 5.33. The molecule has 4 heteroatoms. The van der Waals surface area contributed by atoms with Crippen LogP contribution in [0.2, 0.25) is 5.02 Å². The van der Waals surface area contributed by atoms with Crippen molar-refractivity contribution in [3.8, 4) is 0 Å². The van der Waals surface area contributed by atoms with Crippen molar-refractivity contribution in [3.63, 3.8) is 0 Å². The van der Waals surface area contributed by atoms with Gasteiger partial charge in [-0.1, -0.05) is 18.5 Å². The summed E-state index contributed by atoms with van der Waals surface area (Å²) < 4.78 is 1.18. The quantitative estimate of drug-likeness (QED) is 0.808. The van der Waals surface area contributed by atoms with Crippen molar-refractivity contribution in [1.29, 1.82) is 0 Å². The molecule has 17 heavy (non-hydrogen) atoms. The minimum absolute atomic E-state index is 0.199. The SMILES string of the molecule is CCC1(C)CN(c2ccc(I)cc2Cl)CCN1. The van der Waals surface area contributed by atoms with Crippen LogP contribution in [-0.2, 0) is 0 Å². The van der Waals surface area contributed by atoms with Crippen LogP contribution in [0.3, 0.4) is 0 Å². The van der Waals surface area contributed by atoms with Gasteiger partial charge in [0, 0.05) is 28.7 Å². The molecule has 1 N–H and O–H groups in total. The molecule has 1 atom stereocenters. The van der Waals surface area contributed by atoms with Crippen LogP contribution in [0.5, 0.6) is 0 Å². The topological polar surface area (TPSA) is 15.3 Å². The lowest BCUT2D eigenvalue weighted by atomic mass is 9.95. The Kier molecular flexibility index (Phi) is 4.21. The molecular weight excluding hydrogens is 347 g/mol. The zero-order valence-corrected chi connectivity index (χ0v) is 13.2. The van der Waals surface area contributed by atoms with Gasteiger partial charge in [-0.3, -0.25) is 0 Å². The molecule has 2 nitrogen and oxygen atoms in total. The highest BCUT2D eigenvalue weighted by molar-refractivity contribution is 14.1. The summed E-state index contributed by atoms with van der Waals surface area (Å²) in [6, 6.07) is 6.28. The monoisotopic (exact) mass is 364 g/mol. The molecule has 1 unspecified atom stereocenters. The third-order valence-electron chi connectivity index (χ3n) is 3.50. The predicted octanol–water partition coefficient (Wildman–Crippen LogP) is 3.52. The molecule has 1 heterocycles. The highest BCUT2D eigenvalue weighted by Gasteiger charge is 2.29. The molecule has 1 aliphatic heterocycles. The number of benzene rings is 1. The summed E-state index contributed by atoms with van der Waals surface area (Å²) in [6.45, 7) is 7.57. The molecule has 0 spiro atoms. The maximum absolute atomic E-state index is 6.33. The average Bonchev–Trinajstić information content (AvgIpc) is 2.29. The van der Waals surface area contributed by atoms with Gasteiger partial charge in [0.1, 0.15) is 0 Å². The number of halogens is 2. The Morgan fingerprint density at radius 3 is 2.94 bits per heavy atom. The van der Waals surface area contributed by atoms with Crippen LogP contribution in [0.25, 0.3) is 0 Å². The van der Waals surface area contributed by atoms with Crippen molar-refractivity contribution < 1.29 is 0 Å². The van der Waals surface area contributed by atoms with Crippen molar-refractivity contribution in [1.82, 2.24) is 5.32 Å². The third kappa shape index (κ3) is 3.06. The summed E-state index contributed by atoms with van der Waals surface area (Å²) in [5, 5.41) is 4.45. The van der Waals surface area contributed by atoms with Crippen molar-refractivity contribution in [2.24, 2.45) is 0 Å². The molecule has 0 aromatic heterocycles. The molecule has 1 fully saturated rings. The Morgan fingerprint density at radius 2 is 2.29 bits per heavy atom. The summed E-state index contributed by atoms with van der Waals surface area (Å²) >= 11 is 8.62. The number of rotatable bonds is 2. The fourth-order valence-corrected chi connectivity index (χ4v) is 3.20. The number of hydrogen-bond donors (Lipinski definition) is 1. The maximum Gasteiger partial charge on any atom is 0.0650 e. The Balaban J connectivity index is 2.22. The van der Waals surface area contributed by atoms with E-state index in [4.69, 9.17) is 11.6 Å². The van der Waals surface area contributed by atoms with Gasteiger partial charge in [-0.05, 0) is 54.1 Å². The van der Waals surface area contributed by atoms with E-state index in [0.29, 0.717) is 0 Å². The summed E-state index contributed by atoms with van der Waals surface area (Å²) in [5.41, 5.74) is 1.36. The molecule has 0 aliphatic carbocycles. The number of hydrogen-bond acceptors (Lipinski definition) is 2. The molecule has 0 amide bonds. The number of nitrogens with zero attached hydrogens (tertiary/aromatic N) is 1. The van der Waals surface area contributed by atoms with E-state index in [1.807, 2.05) is 6.07 Å². The van der Waals surface area contributed by atoms with Crippen LogP contribution in [-0.4, -0.2) is 25.2 Å². The first kappa shape index (κ1) is 13.4. The van der Waals surface area contributed by atoms with Crippen LogP contribution in [0.1, 0.15) is 20.3 Å². The molecule has 1 aromatic carbocycles.